The van der Waals surface area contributed by atoms with Crippen LogP contribution in [0.25, 0.3) is 10.9 Å². The molecule has 2 aromatic carbocycles. The van der Waals surface area contributed by atoms with Crippen LogP contribution in [0, 0.1) is 0 Å². The van der Waals surface area contributed by atoms with Crippen LogP contribution >= 0.6 is 11.6 Å². The zero-order chi connectivity index (χ0) is 21.8. The number of aromatic hydroxyl groups is 1. The number of pyridine rings is 1. The fourth-order valence-corrected chi connectivity index (χ4v) is 3.34. The molecule has 2 N–H and O–H groups in total. The molecule has 4 rings (SSSR count). The van der Waals surface area contributed by atoms with Crippen molar-refractivity contribution < 1.29 is 15.1 Å². The van der Waals surface area contributed by atoms with Gasteiger partial charge in [0.2, 0.25) is 5.88 Å². The van der Waals surface area contributed by atoms with Crippen LogP contribution in [0.4, 0.5) is 5.69 Å². The second-order valence-corrected chi connectivity index (χ2v) is 7.00. The maximum Gasteiger partial charge on any atom is 0.296 e. The number of hydrogen-bond acceptors (Lipinski definition) is 6. The van der Waals surface area contributed by atoms with E-state index in [4.69, 9.17) is 16.8 Å². The molecule has 31 heavy (non-hydrogen) atoms. The van der Waals surface area contributed by atoms with E-state index in [2.05, 4.69) is 20.4 Å². The molecule has 0 aliphatic carbocycles. The summed E-state index contributed by atoms with van der Waals surface area (Å²) in [4.78, 5) is 16.4. The first-order valence-electron chi connectivity index (χ1n) is 9.21. The van der Waals surface area contributed by atoms with Crippen LogP contribution in [0.3, 0.4) is 0 Å². The predicted octanol–water partition coefficient (Wildman–Crippen LogP) is 5.18. The predicted molar refractivity (Wildman–Crippen MR) is 117 cm³/mol. The fraction of sp³-hybridized carbons (Fsp3) is 0.0455. The number of benzene rings is 2. The quantitative estimate of drug-likeness (QED) is 0.195. The summed E-state index contributed by atoms with van der Waals surface area (Å²) in [6.45, 7) is 0.327. The number of amides is 1. The van der Waals surface area contributed by atoms with Crippen molar-refractivity contribution in [1.82, 2.24) is 9.55 Å². The van der Waals surface area contributed by atoms with E-state index < -0.39 is 5.91 Å². The minimum Gasteiger partial charge on any atom is -0.493 e. The second kappa shape index (κ2) is 8.76. The summed E-state index contributed by atoms with van der Waals surface area (Å²) in [5.41, 5.74) is 2.34. The first-order valence-corrected chi connectivity index (χ1v) is 9.59. The van der Waals surface area contributed by atoms with Gasteiger partial charge in [-0.2, -0.15) is 0 Å². The monoisotopic (exact) mass is 433 g/mol. The summed E-state index contributed by atoms with van der Waals surface area (Å²) < 4.78 is 1.67. The summed E-state index contributed by atoms with van der Waals surface area (Å²) in [7, 11) is 0. The lowest BCUT2D eigenvalue weighted by Crippen LogP contribution is -1.99. The molecule has 1 amide bonds. The van der Waals surface area contributed by atoms with Gasteiger partial charge >= 0.3 is 0 Å². The molecule has 4 aromatic rings. The van der Waals surface area contributed by atoms with Gasteiger partial charge in [-0.15, -0.1) is 10.2 Å². The highest BCUT2D eigenvalue weighted by Gasteiger charge is 2.18. The van der Waals surface area contributed by atoms with Gasteiger partial charge in [-0.05, 0) is 29.8 Å². The molecule has 0 bridgehead atoms. The van der Waals surface area contributed by atoms with E-state index in [0.29, 0.717) is 22.6 Å². The lowest BCUT2D eigenvalue weighted by Gasteiger charge is -2.08. The number of nitrogens with zero attached hydrogens (tertiary/aromatic N) is 5. The van der Waals surface area contributed by atoms with Crippen LogP contribution in [0.2, 0.25) is 5.02 Å². The van der Waals surface area contributed by atoms with Crippen LogP contribution in [-0.2, 0) is 6.54 Å². The smallest absolute Gasteiger partial charge is 0.296 e. The Bertz CT molecular complexity index is 1310. The Labute approximate surface area is 181 Å². The molecular weight excluding hydrogens is 418 g/mol. The maximum absolute atomic E-state index is 12.4. The van der Waals surface area contributed by atoms with Gasteiger partial charge in [0.15, 0.2) is 5.69 Å². The van der Waals surface area contributed by atoms with Crippen LogP contribution in [0.1, 0.15) is 21.6 Å². The van der Waals surface area contributed by atoms with Crippen LogP contribution in [0.15, 0.2) is 82.2 Å². The number of oxime groups is 1. The zero-order valence-electron chi connectivity index (χ0n) is 16.1. The molecule has 0 aliphatic rings. The third kappa shape index (κ3) is 4.15. The van der Waals surface area contributed by atoms with Crippen molar-refractivity contribution >= 4 is 40.3 Å². The van der Waals surface area contributed by atoms with Crippen molar-refractivity contribution in [3.8, 4) is 5.88 Å². The average Bonchev–Trinajstić information content (AvgIpc) is 3.05. The molecule has 0 fully saturated rings. The highest BCUT2D eigenvalue weighted by Crippen LogP contribution is 2.39. The first-order chi connectivity index (χ1) is 15.1. The zero-order valence-corrected chi connectivity index (χ0v) is 16.8. The molecule has 0 aliphatic heterocycles. The van der Waals surface area contributed by atoms with Crippen LogP contribution in [-0.4, -0.2) is 32.0 Å². The normalized spacial score (nSPS) is 11.6. The number of fused-ring (bicyclic) bond motifs is 1. The van der Waals surface area contributed by atoms with E-state index in [0.717, 1.165) is 17.3 Å². The van der Waals surface area contributed by atoms with Crippen molar-refractivity contribution in [3.63, 3.8) is 0 Å². The lowest BCUT2D eigenvalue weighted by atomic mass is 10.2. The molecule has 0 saturated carbocycles. The van der Waals surface area contributed by atoms with Gasteiger partial charge in [0.1, 0.15) is 0 Å². The Morgan fingerprint density at radius 2 is 1.87 bits per heavy atom. The number of hydrogen-bond donors (Lipinski definition) is 2. The van der Waals surface area contributed by atoms with Gasteiger partial charge in [0.05, 0.1) is 29.5 Å². The molecule has 0 atom stereocenters. The van der Waals surface area contributed by atoms with Gasteiger partial charge in [0.25, 0.3) is 5.91 Å². The third-order valence-corrected chi connectivity index (χ3v) is 5.04. The van der Waals surface area contributed by atoms with E-state index in [1.165, 1.54) is 18.3 Å². The van der Waals surface area contributed by atoms with Crippen molar-refractivity contribution in [3.05, 3.63) is 88.7 Å². The molecule has 8 nitrogen and oxygen atoms in total. The highest BCUT2D eigenvalue weighted by atomic mass is 35.5. The fourth-order valence-electron chi connectivity index (χ4n) is 3.15. The maximum atomic E-state index is 12.4. The topological polar surface area (TPSA) is 112 Å². The molecule has 0 unspecified atom stereocenters. The number of aromatic nitrogens is 2. The van der Waals surface area contributed by atoms with Crippen molar-refractivity contribution in [2.45, 2.75) is 6.54 Å². The second-order valence-electron chi connectivity index (χ2n) is 6.59. The van der Waals surface area contributed by atoms with E-state index in [1.54, 1.807) is 16.7 Å². The van der Waals surface area contributed by atoms with Gasteiger partial charge in [-0.1, -0.05) is 53.2 Å². The Kier molecular flexibility index (Phi) is 5.72. The Morgan fingerprint density at radius 3 is 2.61 bits per heavy atom. The van der Waals surface area contributed by atoms with Crippen molar-refractivity contribution in [1.29, 1.82) is 0 Å². The number of rotatable bonds is 5. The SMILES string of the molecule is O=C(N=Nc1c(O)n(Cc2ccccc2Cl)c2ccccc12)c1ccc(C=NO)nc1. The van der Waals surface area contributed by atoms with Crippen molar-refractivity contribution in [2.75, 3.05) is 0 Å². The van der Waals surface area contributed by atoms with Gasteiger partial charge in [0, 0.05) is 16.6 Å². The number of carbonyl (C=O) groups excluding carboxylic acids is 1. The molecule has 0 saturated heterocycles. The van der Waals surface area contributed by atoms with Crippen molar-refractivity contribution in [2.24, 2.45) is 15.4 Å². The molecule has 2 heterocycles. The molecule has 0 spiro atoms. The van der Waals surface area contributed by atoms with E-state index in [1.807, 2.05) is 36.4 Å². The first kappa shape index (κ1) is 20.2. The van der Waals surface area contributed by atoms with Gasteiger partial charge in [-0.3, -0.25) is 9.78 Å². The average molecular weight is 434 g/mol. The van der Waals surface area contributed by atoms with E-state index >= 15 is 0 Å². The molecule has 154 valence electrons. The van der Waals surface area contributed by atoms with E-state index in [-0.39, 0.29) is 17.1 Å². The molecular formula is C22H16ClN5O3. The van der Waals surface area contributed by atoms with Crippen LogP contribution < -0.4 is 0 Å². The molecule has 0 radical (unpaired) electrons. The lowest BCUT2D eigenvalue weighted by molar-refractivity contribution is 0.0994. The van der Waals surface area contributed by atoms with Crippen LogP contribution in [0.5, 0.6) is 5.88 Å². The number of halogens is 1. The third-order valence-electron chi connectivity index (χ3n) is 4.67. The summed E-state index contributed by atoms with van der Waals surface area (Å²) >= 11 is 6.28. The largest absolute Gasteiger partial charge is 0.493 e. The Balaban J connectivity index is 1.68. The number of azo groups is 1. The molecule has 9 heteroatoms. The molecule has 2 aromatic heterocycles. The summed E-state index contributed by atoms with van der Waals surface area (Å²) in [5, 5.41) is 31.3. The van der Waals surface area contributed by atoms with E-state index in [9.17, 15) is 9.90 Å². The highest BCUT2D eigenvalue weighted by molar-refractivity contribution is 6.31. The minimum atomic E-state index is -0.623. The van der Waals surface area contributed by atoms with Gasteiger partial charge in [-0.25, -0.2) is 0 Å². The number of carbonyl (C=O) groups is 1. The van der Waals surface area contributed by atoms with Gasteiger partial charge < -0.3 is 14.9 Å². The summed E-state index contributed by atoms with van der Waals surface area (Å²) in [6, 6.07) is 17.7. The number of para-hydroxylation sites is 1. The Hall–Kier alpha value is -4.04. The summed E-state index contributed by atoms with van der Waals surface area (Å²) in [6.07, 6.45) is 2.45. The Morgan fingerprint density at radius 1 is 1.10 bits per heavy atom. The standard InChI is InChI=1S/C22H16ClN5O3/c23-18-7-3-1-5-15(18)13-28-19-8-4-2-6-17(19)20(22(28)30)26-27-21(29)14-9-10-16(12-25-31)24-11-14/h1-12,30-31H,13H2. The summed E-state index contributed by atoms with van der Waals surface area (Å²) in [5.74, 6) is -0.743. The minimum absolute atomic E-state index is 0.120.